The Balaban J connectivity index is 1.90. The van der Waals surface area contributed by atoms with Gasteiger partial charge in [0.1, 0.15) is 5.82 Å². The first kappa shape index (κ1) is 15.2. The number of benzene rings is 1. The molecule has 0 saturated carbocycles. The van der Waals surface area contributed by atoms with Gasteiger partial charge in [-0.1, -0.05) is 12.1 Å². The number of para-hydroxylation sites is 1. The molecule has 114 valence electrons. The molecular formula is C14H19FN4O2. The molecule has 0 radical (unpaired) electrons. The van der Waals surface area contributed by atoms with E-state index in [9.17, 15) is 14.0 Å². The lowest BCUT2D eigenvalue weighted by atomic mass is 10.2. The van der Waals surface area contributed by atoms with Gasteiger partial charge in [0.25, 0.3) is 0 Å². The van der Waals surface area contributed by atoms with E-state index >= 15 is 0 Å². The van der Waals surface area contributed by atoms with Crippen molar-refractivity contribution >= 4 is 17.5 Å². The number of nitrogens with two attached hydrogens (primary N) is 1. The van der Waals surface area contributed by atoms with Crippen molar-refractivity contribution in [3.63, 3.8) is 0 Å². The molecule has 1 aliphatic heterocycles. The molecule has 0 spiro atoms. The third-order valence-corrected chi connectivity index (χ3v) is 3.38. The van der Waals surface area contributed by atoms with Crippen LogP contribution in [0, 0.1) is 5.82 Å². The zero-order valence-corrected chi connectivity index (χ0v) is 11.7. The molecule has 2 amide bonds. The molecule has 3 N–H and O–H groups in total. The minimum Gasteiger partial charge on any atom is -0.366 e. The van der Waals surface area contributed by atoms with Crippen molar-refractivity contribution < 1.29 is 14.0 Å². The largest absolute Gasteiger partial charge is 0.366 e. The molecule has 0 aromatic heterocycles. The lowest BCUT2D eigenvalue weighted by Crippen LogP contribution is -2.53. The summed E-state index contributed by atoms with van der Waals surface area (Å²) in [5.74, 6) is -1.48. The number of nitrogens with zero attached hydrogens (tertiary/aromatic N) is 2. The highest BCUT2D eigenvalue weighted by Crippen LogP contribution is 2.20. The van der Waals surface area contributed by atoms with Crippen LogP contribution in [0.2, 0.25) is 0 Å². The normalized spacial score (nSPS) is 15.0. The van der Waals surface area contributed by atoms with Crippen molar-refractivity contribution in [2.45, 2.75) is 0 Å². The predicted octanol–water partition coefficient (Wildman–Crippen LogP) is -0.451. The molecule has 1 saturated heterocycles. The lowest BCUT2D eigenvalue weighted by molar-refractivity contribution is -0.146. The minimum atomic E-state index is -0.639. The predicted molar refractivity (Wildman–Crippen MR) is 77.3 cm³/mol. The number of hydrogen-bond donors (Lipinski definition) is 2. The number of rotatable bonds is 3. The molecule has 0 aliphatic carbocycles. The molecule has 0 atom stereocenters. The lowest BCUT2D eigenvalue weighted by Gasteiger charge is -2.35. The summed E-state index contributed by atoms with van der Waals surface area (Å²) in [5, 5.41) is 2.45. The molecular weight excluding hydrogens is 275 g/mol. The van der Waals surface area contributed by atoms with Crippen LogP contribution in [-0.4, -0.2) is 56.0 Å². The Bertz CT molecular complexity index is 515. The highest BCUT2D eigenvalue weighted by Gasteiger charge is 2.26. The summed E-state index contributed by atoms with van der Waals surface area (Å²) < 4.78 is 13.7. The molecule has 21 heavy (non-hydrogen) atoms. The smallest absolute Gasteiger partial charge is 0.312 e. The van der Waals surface area contributed by atoms with E-state index in [4.69, 9.17) is 5.73 Å². The first-order valence-corrected chi connectivity index (χ1v) is 6.90. The van der Waals surface area contributed by atoms with Crippen molar-refractivity contribution in [1.29, 1.82) is 0 Å². The molecule has 1 heterocycles. The highest BCUT2D eigenvalue weighted by molar-refractivity contribution is 6.35. The third-order valence-electron chi connectivity index (χ3n) is 3.38. The second-order valence-corrected chi connectivity index (χ2v) is 4.78. The Labute approximate surface area is 122 Å². The van der Waals surface area contributed by atoms with E-state index in [0.29, 0.717) is 38.4 Å². The number of piperazine rings is 1. The zero-order chi connectivity index (χ0) is 15.2. The van der Waals surface area contributed by atoms with Crippen LogP contribution in [0.25, 0.3) is 0 Å². The molecule has 0 bridgehead atoms. The number of nitrogens with one attached hydrogen (secondary N) is 1. The molecule has 7 heteroatoms. The van der Waals surface area contributed by atoms with Gasteiger partial charge in [-0.3, -0.25) is 9.59 Å². The van der Waals surface area contributed by atoms with Gasteiger partial charge in [0.2, 0.25) is 0 Å². The highest BCUT2D eigenvalue weighted by atomic mass is 19.1. The van der Waals surface area contributed by atoms with Gasteiger partial charge >= 0.3 is 11.8 Å². The fraction of sp³-hybridized carbons (Fsp3) is 0.429. The molecule has 1 aromatic rings. The maximum Gasteiger partial charge on any atom is 0.312 e. The number of anilines is 1. The summed E-state index contributed by atoms with van der Waals surface area (Å²) in [7, 11) is 0. The third kappa shape index (κ3) is 3.69. The van der Waals surface area contributed by atoms with Crippen LogP contribution in [0.5, 0.6) is 0 Å². The van der Waals surface area contributed by atoms with Crippen LogP contribution in [0.3, 0.4) is 0 Å². The topological polar surface area (TPSA) is 78.7 Å². The first-order valence-electron chi connectivity index (χ1n) is 6.90. The second kappa shape index (κ2) is 7.03. The van der Waals surface area contributed by atoms with Crippen LogP contribution < -0.4 is 16.0 Å². The Morgan fingerprint density at radius 2 is 1.86 bits per heavy atom. The van der Waals surface area contributed by atoms with E-state index in [1.165, 1.54) is 11.0 Å². The van der Waals surface area contributed by atoms with E-state index in [0.717, 1.165) is 0 Å². The Hall–Kier alpha value is -2.15. The van der Waals surface area contributed by atoms with E-state index in [-0.39, 0.29) is 12.4 Å². The summed E-state index contributed by atoms with van der Waals surface area (Å²) in [6.07, 6.45) is 0. The quantitative estimate of drug-likeness (QED) is 0.740. The van der Waals surface area contributed by atoms with E-state index in [1.54, 1.807) is 18.2 Å². The average Bonchev–Trinajstić information content (AvgIpc) is 2.52. The van der Waals surface area contributed by atoms with E-state index < -0.39 is 11.8 Å². The van der Waals surface area contributed by atoms with Gasteiger partial charge in [-0.05, 0) is 12.1 Å². The van der Waals surface area contributed by atoms with Crippen molar-refractivity contribution in [1.82, 2.24) is 10.2 Å². The van der Waals surface area contributed by atoms with Crippen LogP contribution in [-0.2, 0) is 9.59 Å². The average molecular weight is 294 g/mol. The number of carbonyl (C=O) groups is 2. The maximum atomic E-state index is 13.7. The SMILES string of the molecule is NCCNC(=O)C(=O)N1CCN(c2ccccc2F)CC1. The van der Waals surface area contributed by atoms with Crippen molar-refractivity contribution in [3.8, 4) is 0 Å². The number of amides is 2. The molecule has 2 rings (SSSR count). The standard InChI is InChI=1S/C14H19FN4O2/c15-11-3-1-2-4-12(11)18-7-9-19(10-8-18)14(21)13(20)17-6-5-16/h1-4H,5-10,16H2,(H,17,20). The maximum absolute atomic E-state index is 13.7. The van der Waals surface area contributed by atoms with Gasteiger partial charge < -0.3 is 20.9 Å². The van der Waals surface area contributed by atoms with Gasteiger partial charge in [-0.25, -0.2) is 4.39 Å². The van der Waals surface area contributed by atoms with Crippen LogP contribution in [0.1, 0.15) is 0 Å². The fourth-order valence-electron chi connectivity index (χ4n) is 2.26. The van der Waals surface area contributed by atoms with Gasteiger partial charge in [-0.2, -0.15) is 0 Å². The van der Waals surface area contributed by atoms with E-state index in [1.807, 2.05) is 4.90 Å². The molecule has 1 fully saturated rings. The number of halogens is 1. The van der Waals surface area contributed by atoms with Gasteiger partial charge in [0.15, 0.2) is 0 Å². The summed E-state index contributed by atoms with van der Waals surface area (Å²) in [4.78, 5) is 26.8. The Kier molecular flexibility index (Phi) is 5.10. The van der Waals surface area contributed by atoms with Crippen molar-refractivity contribution in [2.24, 2.45) is 5.73 Å². The second-order valence-electron chi connectivity index (χ2n) is 4.78. The monoisotopic (exact) mass is 294 g/mol. The first-order chi connectivity index (χ1) is 10.1. The van der Waals surface area contributed by atoms with Crippen molar-refractivity contribution in [3.05, 3.63) is 30.1 Å². The summed E-state index contributed by atoms with van der Waals surface area (Å²) in [6.45, 7) is 2.35. The van der Waals surface area contributed by atoms with Gasteiger partial charge in [0, 0.05) is 39.3 Å². The number of carbonyl (C=O) groups excluding carboxylic acids is 2. The Morgan fingerprint density at radius 3 is 2.48 bits per heavy atom. The summed E-state index contributed by atoms with van der Waals surface area (Å²) in [6, 6.07) is 6.53. The summed E-state index contributed by atoms with van der Waals surface area (Å²) in [5.41, 5.74) is 5.80. The summed E-state index contributed by atoms with van der Waals surface area (Å²) >= 11 is 0. The fourth-order valence-corrected chi connectivity index (χ4v) is 2.26. The molecule has 6 nitrogen and oxygen atoms in total. The van der Waals surface area contributed by atoms with E-state index in [2.05, 4.69) is 5.32 Å². The molecule has 1 aromatic carbocycles. The number of hydrogen-bond acceptors (Lipinski definition) is 4. The zero-order valence-electron chi connectivity index (χ0n) is 11.7. The van der Waals surface area contributed by atoms with Gasteiger partial charge in [0.05, 0.1) is 5.69 Å². The van der Waals surface area contributed by atoms with Crippen LogP contribution in [0.4, 0.5) is 10.1 Å². The minimum absolute atomic E-state index is 0.278. The Morgan fingerprint density at radius 1 is 1.19 bits per heavy atom. The molecule has 1 aliphatic rings. The van der Waals surface area contributed by atoms with Crippen LogP contribution in [0.15, 0.2) is 24.3 Å². The van der Waals surface area contributed by atoms with Crippen LogP contribution >= 0.6 is 0 Å². The van der Waals surface area contributed by atoms with Gasteiger partial charge in [-0.15, -0.1) is 0 Å². The van der Waals surface area contributed by atoms with Crippen molar-refractivity contribution in [2.75, 3.05) is 44.2 Å². The molecule has 0 unspecified atom stereocenters.